The number of aliphatic hydroxyl groups is 1. The summed E-state index contributed by atoms with van der Waals surface area (Å²) >= 11 is 0. The molecule has 0 fully saturated rings. The van der Waals surface area contributed by atoms with Crippen molar-refractivity contribution in [1.29, 1.82) is 0 Å². The molecule has 2 aromatic heterocycles. The van der Waals surface area contributed by atoms with Crippen molar-refractivity contribution in [3.8, 4) is 11.3 Å². The number of benzene rings is 1. The number of aliphatic hydroxyl groups excluding tert-OH is 1. The Kier molecular flexibility index (Phi) is 4.34. The van der Waals surface area contributed by atoms with E-state index in [0.717, 1.165) is 35.5 Å². The summed E-state index contributed by atoms with van der Waals surface area (Å²) in [5.41, 5.74) is 1.59. The molecule has 5 nitrogen and oxygen atoms in total. The summed E-state index contributed by atoms with van der Waals surface area (Å²) in [4.78, 5) is 8.49. The van der Waals surface area contributed by atoms with E-state index in [1.165, 1.54) is 6.33 Å². The Morgan fingerprint density at radius 3 is 2.82 bits per heavy atom. The number of nitrogens with one attached hydrogen (secondary N) is 1. The zero-order valence-corrected chi connectivity index (χ0v) is 12.5. The van der Waals surface area contributed by atoms with Crippen molar-refractivity contribution in [3.05, 3.63) is 42.7 Å². The Morgan fingerprint density at radius 1 is 1.23 bits per heavy atom. The molecule has 0 bridgehead atoms. The van der Waals surface area contributed by atoms with E-state index in [0.29, 0.717) is 11.6 Å². The zero-order chi connectivity index (χ0) is 15.4. The van der Waals surface area contributed by atoms with E-state index >= 15 is 0 Å². The van der Waals surface area contributed by atoms with Crippen LogP contribution in [-0.2, 0) is 0 Å². The smallest absolute Gasteiger partial charge is 0.231 e. The standard InChI is InChI=1S/C17H19N3O2/c1-12(7-8-21)10-18-16-14-9-15(13-5-3-2-4-6-13)22-17(14)20-11-19-16/h2-6,9,11-12,21H,7-8,10H2,1H3,(H,18,19,20). The van der Waals surface area contributed by atoms with Crippen LogP contribution in [-0.4, -0.2) is 28.2 Å². The van der Waals surface area contributed by atoms with Crippen LogP contribution in [0.5, 0.6) is 0 Å². The largest absolute Gasteiger partial charge is 0.438 e. The van der Waals surface area contributed by atoms with E-state index < -0.39 is 0 Å². The summed E-state index contributed by atoms with van der Waals surface area (Å²) in [6, 6.07) is 11.9. The van der Waals surface area contributed by atoms with Gasteiger partial charge in [0.2, 0.25) is 5.71 Å². The van der Waals surface area contributed by atoms with Crippen LogP contribution in [0.1, 0.15) is 13.3 Å². The second kappa shape index (κ2) is 6.58. The molecule has 0 radical (unpaired) electrons. The van der Waals surface area contributed by atoms with E-state index in [4.69, 9.17) is 9.52 Å². The van der Waals surface area contributed by atoms with Gasteiger partial charge in [-0.05, 0) is 18.4 Å². The molecule has 0 amide bonds. The molecule has 1 unspecified atom stereocenters. The monoisotopic (exact) mass is 297 g/mol. The highest BCUT2D eigenvalue weighted by Crippen LogP contribution is 2.29. The SMILES string of the molecule is CC(CCO)CNc1ncnc2oc(-c3ccccc3)cc12. The maximum absolute atomic E-state index is 8.97. The molecular formula is C17H19N3O2. The number of hydrogen-bond donors (Lipinski definition) is 2. The number of anilines is 1. The summed E-state index contributed by atoms with van der Waals surface area (Å²) < 4.78 is 5.82. The van der Waals surface area contributed by atoms with Crippen LogP contribution in [0.2, 0.25) is 0 Å². The maximum atomic E-state index is 8.97. The average molecular weight is 297 g/mol. The van der Waals surface area contributed by atoms with Crippen molar-refractivity contribution in [2.45, 2.75) is 13.3 Å². The number of nitrogens with zero attached hydrogens (tertiary/aromatic N) is 2. The first-order valence-electron chi connectivity index (χ1n) is 7.42. The Morgan fingerprint density at radius 2 is 2.05 bits per heavy atom. The fraction of sp³-hybridized carbons (Fsp3) is 0.294. The van der Waals surface area contributed by atoms with E-state index in [-0.39, 0.29) is 6.61 Å². The van der Waals surface area contributed by atoms with Crippen molar-refractivity contribution in [1.82, 2.24) is 9.97 Å². The van der Waals surface area contributed by atoms with E-state index in [1.54, 1.807) is 0 Å². The van der Waals surface area contributed by atoms with E-state index in [9.17, 15) is 0 Å². The molecular weight excluding hydrogens is 278 g/mol. The van der Waals surface area contributed by atoms with Gasteiger partial charge in [-0.1, -0.05) is 37.3 Å². The molecule has 1 aromatic carbocycles. The number of rotatable bonds is 6. The van der Waals surface area contributed by atoms with Gasteiger partial charge >= 0.3 is 0 Å². The molecule has 0 spiro atoms. The fourth-order valence-electron chi connectivity index (χ4n) is 2.33. The van der Waals surface area contributed by atoms with Crippen molar-refractivity contribution in [2.75, 3.05) is 18.5 Å². The molecule has 0 aliphatic carbocycles. The van der Waals surface area contributed by atoms with Crippen molar-refractivity contribution >= 4 is 16.9 Å². The van der Waals surface area contributed by atoms with Crippen LogP contribution >= 0.6 is 0 Å². The quantitative estimate of drug-likeness (QED) is 0.730. The predicted octanol–water partition coefficient (Wildman–Crippen LogP) is 3.32. The Labute approximate surface area is 129 Å². The summed E-state index contributed by atoms with van der Waals surface area (Å²) in [6.07, 6.45) is 2.27. The molecule has 114 valence electrons. The third kappa shape index (κ3) is 3.09. The highest BCUT2D eigenvalue weighted by Gasteiger charge is 2.12. The Balaban J connectivity index is 1.87. The second-order valence-electron chi connectivity index (χ2n) is 5.42. The molecule has 5 heteroatoms. The summed E-state index contributed by atoms with van der Waals surface area (Å²) in [5.74, 6) is 1.92. The van der Waals surface area contributed by atoms with E-state index in [1.807, 2.05) is 36.4 Å². The van der Waals surface area contributed by atoms with Crippen LogP contribution in [0, 0.1) is 5.92 Å². The first-order chi connectivity index (χ1) is 10.8. The minimum atomic E-state index is 0.200. The average Bonchev–Trinajstić information content (AvgIpc) is 2.99. The molecule has 2 heterocycles. The van der Waals surface area contributed by atoms with Gasteiger partial charge in [0, 0.05) is 18.7 Å². The van der Waals surface area contributed by atoms with Crippen LogP contribution < -0.4 is 5.32 Å². The highest BCUT2D eigenvalue weighted by molar-refractivity contribution is 5.89. The third-order valence-electron chi connectivity index (χ3n) is 3.63. The van der Waals surface area contributed by atoms with Gasteiger partial charge in [0.25, 0.3) is 0 Å². The molecule has 0 aliphatic rings. The Hall–Kier alpha value is -2.40. The maximum Gasteiger partial charge on any atom is 0.231 e. The van der Waals surface area contributed by atoms with Gasteiger partial charge in [0.15, 0.2) is 0 Å². The lowest BCUT2D eigenvalue weighted by Crippen LogP contribution is -2.13. The Bertz CT molecular complexity index is 740. The fourth-order valence-corrected chi connectivity index (χ4v) is 2.33. The number of aromatic nitrogens is 2. The van der Waals surface area contributed by atoms with Crippen LogP contribution in [0.4, 0.5) is 5.82 Å². The summed E-state index contributed by atoms with van der Waals surface area (Å²) in [5, 5.41) is 13.2. The van der Waals surface area contributed by atoms with Gasteiger partial charge in [-0.15, -0.1) is 0 Å². The molecule has 3 rings (SSSR count). The van der Waals surface area contributed by atoms with Crippen LogP contribution in [0.25, 0.3) is 22.4 Å². The first-order valence-corrected chi connectivity index (χ1v) is 7.42. The molecule has 0 saturated carbocycles. The van der Waals surface area contributed by atoms with Crippen molar-refractivity contribution in [2.24, 2.45) is 5.92 Å². The molecule has 0 saturated heterocycles. The normalized spacial score (nSPS) is 12.5. The lowest BCUT2D eigenvalue weighted by Gasteiger charge is -2.11. The van der Waals surface area contributed by atoms with Gasteiger partial charge in [0.05, 0.1) is 5.39 Å². The van der Waals surface area contributed by atoms with Gasteiger partial charge in [-0.3, -0.25) is 0 Å². The number of fused-ring (bicyclic) bond motifs is 1. The minimum Gasteiger partial charge on any atom is -0.438 e. The van der Waals surface area contributed by atoms with Gasteiger partial charge < -0.3 is 14.8 Å². The first kappa shape index (κ1) is 14.5. The minimum absolute atomic E-state index is 0.200. The molecule has 1 atom stereocenters. The molecule has 3 aromatic rings. The van der Waals surface area contributed by atoms with Gasteiger partial charge in [-0.25, -0.2) is 9.97 Å². The zero-order valence-electron chi connectivity index (χ0n) is 12.5. The highest BCUT2D eigenvalue weighted by atomic mass is 16.3. The topological polar surface area (TPSA) is 71.2 Å². The van der Waals surface area contributed by atoms with Gasteiger partial charge in [0.1, 0.15) is 17.9 Å². The lowest BCUT2D eigenvalue weighted by molar-refractivity contribution is 0.266. The van der Waals surface area contributed by atoms with Crippen LogP contribution in [0.3, 0.4) is 0 Å². The second-order valence-corrected chi connectivity index (χ2v) is 5.42. The lowest BCUT2D eigenvalue weighted by atomic mass is 10.1. The van der Waals surface area contributed by atoms with Crippen LogP contribution in [0.15, 0.2) is 47.1 Å². The number of furan rings is 1. The predicted molar refractivity (Wildman–Crippen MR) is 86.6 cm³/mol. The van der Waals surface area contributed by atoms with Crippen molar-refractivity contribution < 1.29 is 9.52 Å². The van der Waals surface area contributed by atoms with Gasteiger partial charge in [-0.2, -0.15) is 0 Å². The van der Waals surface area contributed by atoms with E-state index in [2.05, 4.69) is 22.2 Å². The molecule has 22 heavy (non-hydrogen) atoms. The summed E-state index contributed by atoms with van der Waals surface area (Å²) in [6.45, 7) is 3.04. The number of hydrogen-bond acceptors (Lipinski definition) is 5. The third-order valence-corrected chi connectivity index (χ3v) is 3.63. The molecule has 2 N–H and O–H groups in total. The summed E-state index contributed by atoms with van der Waals surface area (Å²) in [7, 11) is 0. The van der Waals surface area contributed by atoms with Crippen molar-refractivity contribution in [3.63, 3.8) is 0 Å². The molecule has 0 aliphatic heterocycles.